The van der Waals surface area contributed by atoms with Crippen LogP contribution < -0.4 is 0 Å². The van der Waals surface area contributed by atoms with Gasteiger partial charge < -0.3 is 14.2 Å². The zero-order chi connectivity index (χ0) is 19.7. The van der Waals surface area contributed by atoms with Crippen molar-refractivity contribution in [3.05, 3.63) is 66.1 Å². The van der Waals surface area contributed by atoms with Crippen LogP contribution in [-0.4, -0.2) is 51.5 Å². The Bertz CT molecular complexity index is 973. The van der Waals surface area contributed by atoms with Gasteiger partial charge in [0.05, 0.1) is 30.7 Å². The van der Waals surface area contributed by atoms with Gasteiger partial charge in [-0.25, -0.2) is 4.68 Å². The van der Waals surface area contributed by atoms with E-state index in [9.17, 15) is 18.0 Å². The Morgan fingerprint density at radius 2 is 1.79 bits per heavy atom. The van der Waals surface area contributed by atoms with Crippen LogP contribution in [0.1, 0.15) is 15.9 Å². The maximum absolute atomic E-state index is 13.1. The highest BCUT2D eigenvalue weighted by atomic mass is 19.4. The standard InChI is InChI=1S/C19H17F3N4O2/c20-19(21,22)14-4-3-5-15(12-14)26-17(24-6-1-2-7-24)16(13-23-26)18(27)25-8-10-28-11-9-25/h1-7,12-13H,8-11H2. The monoisotopic (exact) mass is 390 g/mol. The Morgan fingerprint density at radius 3 is 2.46 bits per heavy atom. The third-order valence-electron chi connectivity index (χ3n) is 4.54. The SMILES string of the molecule is O=C(c1cnn(-c2cccc(C(F)(F)F)c2)c1-n1cccc1)N1CCOCC1. The van der Waals surface area contributed by atoms with Gasteiger partial charge in [0.1, 0.15) is 5.56 Å². The van der Waals surface area contributed by atoms with Crippen LogP contribution in [0.3, 0.4) is 0 Å². The van der Waals surface area contributed by atoms with E-state index in [1.165, 1.54) is 23.0 Å². The summed E-state index contributed by atoms with van der Waals surface area (Å²) in [6, 6.07) is 8.41. The predicted molar refractivity (Wildman–Crippen MR) is 94.6 cm³/mol. The Hall–Kier alpha value is -3.07. The number of hydrogen-bond acceptors (Lipinski definition) is 3. The summed E-state index contributed by atoms with van der Waals surface area (Å²) in [6.45, 7) is 1.82. The van der Waals surface area contributed by atoms with Crippen molar-refractivity contribution in [2.75, 3.05) is 26.3 Å². The van der Waals surface area contributed by atoms with E-state index in [-0.39, 0.29) is 11.6 Å². The van der Waals surface area contributed by atoms with E-state index >= 15 is 0 Å². The molecular formula is C19H17F3N4O2. The molecule has 1 saturated heterocycles. The first-order valence-electron chi connectivity index (χ1n) is 8.71. The second-order valence-corrected chi connectivity index (χ2v) is 6.34. The molecule has 146 valence electrons. The normalized spacial score (nSPS) is 15.0. The molecule has 4 rings (SSSR count). The molecule has 3 aromatic rings. The number of halogens is 3. The number of carbonyl (C=O) groups excluding carboxylic acids is 1. The number of ether oxygens (including phenoxy) is 1. The third-order valence-corrected chi connectivity index (χ3v) is 4.54. The molecule has 0 saturated carbocycles. The van der Waals surface area contributed by atoms with E-state index in [4.69, 9.17) is 4.74 Å². The van der Waals surface area contributed by atoms with Crippen LogP contribution in [0.5, 0.6) is 0 Å². The molecule has 28 heavy (non-hydrogen) atoms. The zero-order valence-electron chi connectivity index (χ0n) is 14.8. The van der Waals surface area contributed by atoms with E-state index in [0.717, 1.165) is 12.1 Å². The van der Waals surface area contributed by atoms with Gasteiger partial charge in [0.2, 0.25) is 0 Å². The van der Waals surface area contributed by atoms with Gasteiger partial charge in [-0.05, 0) is 30.3 Å². The van der Waals surface area contributed by atoms with Crippen molar-refractivity contribution >= 4 is 5.91 Å². The second kappa shape index (κ2) is 7.16. The number of benzene rings is 1. The first-order chi connectivity index (χ1) is 13.4. The summed E-state index contributed by atoms with van der Waals surface area (Å²) in [6.07, 6.45) is 0.366. The van der Waals surface area contributed by atoms with Crippen LogP contribution in [0.4, 0.5) is 13.2 Å². The lowest BCUT2D eigenvalue weighted by molar-refractivity contribution is -0.137. The van der Waals surface area contributed by atoms with E-state index in [1.54, 1.807) is 34.0 Å². The minimum Gasteiger partial charge on any atom is -0.378 e. The Kier molecular flexibility index (Phi) is 4.68. The van der Waals surface area contributed by atoms with Crippen molar-refractivity contribution in [2.45, 2.75) is 6.18 Å². The number of carbonyl (C=O) groups is 1. The van der Waals surface area contributed by atoms with Gasteiger partial charge in [0.25, 0.3) is 5.91 Å². The van der Waals surface area contributed by atoms with Crippen molar-refractivity contribution in [3.8, 4) is 11.5 Å². The third kappa shape index (κ3) is 3.40. The summed E-state index contributed by atoms with van der Waals surface area (Å²) in [7, 11) is 0. The quantitative estimate of drug-likeness (QED) is 0.690. The Labute approximate surface area is 158 Å². The fourth-order valence-corrected chi connectivity index (χ4v) is 3.16. The van der Waals surface area contributed by atoms with Gasteiger partial charge in [0, 0.05) is 25.5 Å². The number of aromatic nitrogens is 3. The lowest BCUT2D eigenvalue weighted by atomic mass is 10.2. The van der Waals surface area contributed by atoms with Crippen LogP contribution in [0, 0.1) is 0 Å². The van der Waals surface area contributed by atoms with Crippen molar-refractivity contribution in [2.24, 2.45) is 0 Å². The van der Waals surface area contributed by atoms with E-state index < -0.39 is 11.7 Å². The second-order valence-electron chi connectivity index (χ2n) is 6.34. The van der Waals surface area contributed by atoms with Crippen LogP contribution in [0.2, 0.25) is 0 Å². The number of alkyl halides is 3. The molecule has 0 N–H and O–H groups in total. The van der Waals surface area contributed by atoms with Crippen molar-refractivity contribution in [3.63, 3.8) is 0 Å². The molecule has 1 aliphatic rings. The van der Waals surface area contributed by atoms with Gasteiger partial charge in [-0.1, -0.05) is 6.07 Å². The first kappa shape index (κ1) is 18.3. The molecule has 9 heteroatoms. The molecule has 1 aromatic carbocycles. The minimum atomic E-state index is -4.47. The molecule has 0 aliphatic carbocycles. The maximum Gasteiger partial charge on any atom is 0.416 e. The summed E-state index contributed by atoms with van der Waals surface area (Å²) >= 11 is 0. The zero-order valence-corrected chi connectivity index (χ0v) is 14.8. The summed E-state index contributed by atoms with van der Waals surface area (Å²) in [5.74, 6) is 0.158. The number of morpholine rings is 1. The van der Waals surface area contributed by atoms with E-state index in [0.29, 0.717) is 37.7 Å². The van der Waals surface area contributed by atoms with Gasteiger partial charge in [-0.2, -0.15) is 18.3 Å². The lowest BCUT2D eigenvalue weighted by Gasteiger charge is -2.26. The molecule has 1 fully saturated rings. The highest BCUT2D eigenvalue weighted by Crippen LogP contribution is 2.31. The average Bonchev–Trinajstić information content (AvgIpc) is 3.37. The van der Waals surface area contributed by atoms with Crippen molar-refractivity contribution in [1.82, 2.24) is 19.2 Å². The Balaban J connectivity index is 1.81. The number of nitrogens with zero attached hydrogens (tertiary/aromatic N) is 4. The molecule has 0 radical (unpaired) electrons. The predicted octanol–water partition coefficient (Wildman–Crippen LogP) is 3.15. The van der Waals surface area contributed by atoms with Crippen LogP contribution in [-0.2, 0) is 10.9 Å². The Morgan fingerprint density at radius 1 is 1.07 bits per heavy atom. The largest absolute Gasteiger partial charge is 0.416 e. The lowest BCUT2D eigenvalue weighted by Crippen LogP contribution is -2.40. The topological polar surface area (TPSA) is 52.3 Å². The van der Waals surface area contributed by atoms with Gasteiger partial charge >= 0.3 is 6.18 Å². The van der Waals surface area contributed by atoms with E-state index in [2.05, 4.69) is 5.10 Å². The highest BCUT2D eigenvalue weighted by Gasteiger charge is 2.31. The number of amides is 1. The fraction of sp³-hybridized carbons (Fsp3) is 0.263. The van der Waals surface area contributed by atoms with Crippen LogP contribution in [0.15, 0.2) is 55.0 Å². The average molecular weight is 390 g/mol. The molecule has 1 amide bonds. The smallest absolute Gasteiger partial charge is 0.378 e. The molecular weight excluding hydrogens is 373 g/mol. The molecule has 1 aliphatic heterocycles. The first-order valence-corrected chi connectivity index (χ1v) is 8.71. The van der Waals surface area contributed by atoms with Crippen LogP contribution in [0.25, 0.3) is 11.5 Å². The van der Waals surface area contributed by atoms with Crippen LogP contribution >= 0.6 is 0 Å². The fourth-order valence-electron chi connectivity index (χ4n) is 3.16. The maximum atomic E-state index is 13.1. The van der Waals surface area contributed by atoms with Gasteiger partial charge in [-0.15, -0.1) is 0 Å². The molecule has 0 atom stereocenters. The van der Waals surface area contributed by atoms with Crippen molar-refractivity contribution < 1.29 is 22.7 Å². The summed E-state index contributed by atoms with van der Waals surface area (Å²) in [4.78, 5) is 14.7. The number of hydrogen-bond donors (Lipinski definition) is 0. The van der Waals surface area contributed by atoms with E-state index in [1.807, 2.05) is 0 Å². The molecule has 0 unspecified atom stereocenters. The van der Waals surface area contributed by atoms with Gasteiger partial charge in [-0.3, -0.25) is 4.79 Å². The number of rotatable bonds is 3. The molecule has 0 spiro atoms. The minimum absolute atomic E-state index is 0.222. The van der Waals surface area contributed by atoms with Crippen molar-refractivity contribution in [1.29, 1.82) is 0 Å². The molecule has 6 nitrogen and oxygen atoms in total. The highest BCUT2D eigenvalue weighted by molar-refractivity contribution is 5.97. The summed E-state index contributed by atoms with van der Waals surface area (Å²) < 4.78 is 47.7. The molecule has 2 aromatic heterocycles. The molecule has 0 bridgehead atoms. The van der Waals surface area contributed by atoms with Gasteiger partial charge in [0.15, 0.2) is 5.82 Å². The molecule has 3 heterocycles. The summed E-state index contributed by atoms with van der Waals surface area (Å²) in [5, 5.41) is 4.23. The summed E-state index contributed by atoms with van der Waals surface area (Å²) in [5.41, 5.74) is -0.241.